The third kappa shape index (κ3) is 5.39. The van der Waals surface area contributed by atoms with Crippen LogP contribution < -0.4 is 4.72 Å². The summed E-state index contributed by atoms with van der Waals surface area (Å²) in [5, 5.41) is 0. The van der Waals surface area contributed by atoms with Crippen LogP contribution in [0.15, 0.2) is 29.2 Å². The van der Waals surface area contributed by atoms with Crippen LogP contribution in [-0.2, 0) is 19.5 Å². The van der Waals surface area contributed by atoms with Crippen LogP contribution in [0.2, 0.25) is 0 Å². The molecule has 2 N–H and O–H groups in total. The minimum Gasteiger partial charge on any atom is -0.462 e. The van der Waals surface area contributed by atoms with Crippen molar-refractivity contribution in [3.05, 3.63) is 52.3 Å². The van der Waals surface area contributed by atoms with E-state index < -0.39 is 33.8 Å². The summed E-state index contributed by atoms with van der Waals surface area (Å²) < 4.78 is 36.9. The number of aromatic amines is 1. The Morgan fingerprint density at radius 3 is 2.42 bits per heavy atom. The van der Waals surface area contributed by atoms with Gasteiger partial charge in [0.05, 0.1) is 28.3 Å². The number of carbonyl (C=O) groups excluding carboxylic acids is 3. The van der Waals surface area contributed by atoms with E-state index in [2.05, 4.69) is 9.71 Å². The zero-order valence-corrected chi connectivity index (χ0v) is 18.9. The van der Waals surface area contributed by atoms with Crippen LogP contribution >= 0.6 is 0 Å². The molecule has 0 bridgehead atoms. The lowest BCUT2D eigenvalue weighted by Crippen LogP contribution is -2.26. The van der Waals surface area contributed by atoms with Gasteiger partial charge in [-0.25, -0.2) is 22.7 Å². The molecule has 2 aromatic rings. The standard InChI is InChI=1S/C21H26N2O7S/c1-6-22-31(27,28)16-10-8-9-15(11-16)20(25)30-14(5)19(24)18-12(3)17(13(4)23-18)21(26)29-7-2/h8-11,14,22-23H,6-7H2,1-5H3. The number of Topliss-reactive ketones (excluding diaryl/α,β-unsaturated/α-hetero) is 1. The van der Waals surface area contributed by atoms with E-state index in [0.29, 0.717) is 11.3 Å². The fraction of sp³-hybridized carbons (Fsp3) is 0.381. The highest BCUT2D eigenvalue weighted by Gasteiger charge is 2.28. The second kappa shape index (κ2) is 9.88. The predicted molar refractivity (Wildman–Crippen MR) is 113 cm³/mol. The molecule has 9 nitrogen and oxygen atoms in total. The molecule has 1 heterocycles. The molecular formula is C21H26N2O7S. The summed E-state index contributed by atoms with van der Waals surface area (Å²) >= 11 is 0. The molecule has 0 fully saturated rings. The van der Waals surface area contributed by atoms with Crippen molar-refractivity contribution in [2.24, 2.45) is 0 Å². The zero-order chi connectivity index (χ0) is 23.3. The van der Waals surface area contributed by atoms with Crippen LogP contribution in [0.25, 0.3) is 0 Å². The largest absolute Gasteiger partial charge is 0.462 e. The molecule has 0 radical (unpaired) electrons. The van der Waals surface area contributed by atoms with E-state index in [9.17, 15) is 22.8 Å². The highest BCUT2D eigenvalue weighted by Crippen LogP contribution is 2.21. The van der Waals surface area contributed by atoms with E-state index in [4.69, 9.17) is 9.47 Å². The third-order valence-corrected chi connectivity index (χ3v) is 6.07. The Kier molecular flexibility index (Phi) is 7.75. The number of nitrogens with one attached hydrogen (secondary N) is 2. The molecule has 0 aliphatic rings. The number of sulfonamides is 1. The lowest BCUT2D eigenvalue weighted by molar-refractivity contribution is 0.0316. The van der Waals surface area contributed by atoms with Gasteiger partial charge in [-0.1, -0.05) is 13.0 Å². The maximum Gasteiger partial charge on any atom is 0.340 e. The maximum atomic E-state index is 12.8. The Morgan fingerprint density at radius 2 is 1.81 bits per heavy atom. The molecule has 2 rings (SSSR count). The summed E-state index contributed by atoms with van der Waals surface area (Å²) in [6.07, 6.45) is -1.17. The second-order valence-electron chi connectivity index (χ2n) is 6.79. The number of esters is 2. The van der Waals surface area contributed by atoms with E-state index in [1.165, 1.54) is 31.2 Å². The molecule has 1 aromatic carbocycles. The smallest absolute Gasteiger partial charge is 0.340 e. The first-order valence-electron chi connectivity index (χ1n) is 9.74. The minimum atomic E-state index is -3.75. The highest BCUT2D eigenvalue weighted by atomic mass is 32.2. The third-order valence-electron chi connectivity index (χ3n) is 4.53. The molecule has 1 unspecified atom stereocenters. The van der Waals surface area contributed by atoms with E-state index in [-0.39, 0.29) is 34.9 Å². The van der Waals surface area contributed by atoms with Gasteiger partial charge in [0, 0.05) is 12.2 Å². The molecule has 0 saturated heterocycles. The number of ketones is 1. The van der Waals surface area contributed by atoms with Crippen molar-refractivity contribution < 1.29 is 32.3 Å². The molecule has 0 amide bonds. The van der Waals surface area contributed by atoms with Crippen LogP contribution in [0.1, 0.15) is 63.2 Å². The Morgan fingerprint density at radius 1 is 1.13 bits per heavy atom. The van der Waals surface area contributed by atoms with Crippen molar-refractivity contribution in [3.8, 4) is 0 Å². The average Bonchev–Trinajstić information content (AvgIpc) is 3.01. The van der Waals surface area contributed by atoms with Crippen LogP contribution in [0, 0.1) is 13.8 Å². The van der Waals surface area contributed by atoms with Gasteiger partial charge in [0.25, 0.3) is 0 Å². The quantitative estimate of drug-likeness (QED) is 0.443. The summed E-state index contributed by atoms with van der Waals surface area (Å²) in [7, 11) is -3.75. The van der Waals surface area contributed by atoms with Crippen LogP contribution in [0.4, 0.5) is 0 Å². The number of rotatable bonds is 9. The average molecular weight is 451 g/mol. The lowest BCUT2D eigenvalue weighted by atomic mass is 10.1. The fourth-order valence-corrected chi connectivity index (χ4v) is 4.14. The number of carbonyl (C=O) groups is 3. The van der Waals surface area contributed by atoms with Gasteiger partial charge in [-0.05, 0) is 51.5 Å². The zero-order valence-electron chi connectivity index (χ0n) is 18.1. The SMILES string of the molecule is CCNS(=O)(=O)c1cccc(C(=O)OC(C)C(=O)c2[nH]c(C)c(C(=O)OCC)c2C)c1. The first-order valence-corrected chi connectivity index (χ1v) is 11.2. The van der Waals surface area contributed by atoms with Gasteiger partial charge in [-0.3, -0.25) is 4.79 Å². The van der Waals surface area contributed by atoms with Crippen molar-refractivity contribution in [1.29, 1.82) is 0 Å². The van der Waals surface area contributed by atoms with Crippen LogP contribution in [0.5, 0.6) is 0 Å². The number of hydrogen-bond acceptors (Lipinski definition) is 7. The molecule has 0 spiro atoms. The number of benzene rings is 1. The van der Waals surface area contributed by atoms with Gasteiger partial charge in [0.15, 0.2) is 6.10 Å². The predicted octanol–water partition coefficient (Wildman–Crippen LogP) is 2.53. The summed E-state index contributed by atoms with van der Waals surface area (Å²) in [6.45, 7) is 8.37. The fourth-order valence-electron chi connectivity index (χ4n) is 3.05. The molecule has 0 saturated carbocycles. The summed E-state index contributed by atoms with van der Waals surface area (Å²) in [4.78, 5) is 40.2. The van der Waals surface area contributed by atoms with E-state index in [1.54, 1.807) is 27.7 Å². The molecule has 0 aliphatic carbocycles. The van der Waals surface area contributed by atoms with E-state index in [0.717, 1.165) is 0 Å². The maximum absolute atomic E-state index is 12.8. The van der Waals surface area contributed by atoms with Crippen molar-refractivity contribution in [1.82, 2.24) is 9.71 Å². The van der Waals surface area contributed by atoms with Crippen molar-refractivity contribution in [3.63, 3.8) is 0 Å². The number of ether oxygens (including phenoxy) is 2. The van der Waals surface area contributed by atoms with Gasteiger partial charge in [0.1, 0.15) is 0 Å². The number of H-pyrrole nitrogens is 1. The normalized spacial score (nSPS) is 12.3. The molecule has 10 heteroatoms. The van der Waals surface area contributed by atoms with Gasteiger partial charge >= 0.3 is 11.9 Å². The van der Waals surface area contributed by atoms with Gasteiger partial charge in [-0.2, -0.15) is 0 Å². The molecule has 31 heavy (non-hydrogen) atoms. The summed E-state index contributed by atoms with van der Waals surface area (Å²) in [5.74, 6) is -1.92. The Bertz CT molecular complexity index is 1100. The topological polar surface area (TPSA) is 132 Å². The highest BCUT2D eigenvalue weighted by molar-refractivity contribution is 7.89. The monoisotopic (exact) mass is 450 g/mol. The number of hydrogen-bond donors (Lipinski definition) is 2. The minimum absolute atomic E-state index is 0.00905. The summed E-state index contributed by atoms with van der Waals surface area (Å²) in [5.41, 5.74) is 1.28. The van der Waals surface area contributed by atoms with Gasteiger partial charge in [-0.15, -0.1) is 0 Å². The Labute approximate surface area is 181 Å². The van der Waals surface area contributed by atoms with Gasteiger partial charge in [0.2, 0.25) is 15.8 Å². The van der Waals surface area contributed by atoms with Crippen LogP contribution in [-0.4, -0.2) is 50.4 Å². The lowest BCUT2D eigenvalue weighted by Gasteiger charge is -2.13. The van der Waals surface area contributed by atoms with E-state index in [1.807, 2.05) is 0 Å². The van der Waals surface area contributed by atoms with Crippen molar-refractivity contribution in [2.45, 2.75) is 45.6 Å². The summed E-state index contributed by atoms with van der Waals surface area (Å²) in [6, 6.07) is 5.34. The molecule has 1 aromatic heterocycles. The van der Waals surface area contributed by atoms with Crippen LogP contribution in [0.3, 0.4) is 0 Å². The Hall–Kier alpha value is -2.98. The van der Waals surface area contributed by atoms with E-state index >= 15 is 0 Å². The van der Waals surface area contributed by atoms with Crippen molar-refractivity contribution >= 4 is 27.7 Å². The number of aromatic nitrogens is 1. The molecule has 1 atom stereocenters. The van der Waals surface area contributed by atoms with Crippen molar-refractivity contribution in [2.75, 3.05) is 13.2 Å². The number of aryl methyl sites for hydroxylation is 1. The van der Waals surface area contributed by atoms with Gasteiger partial charge < -0.3 is 14.5 Å². The molecular weight excluding hydrogens is 424 g/mol. The Balaban J connectivity index is 2.22. The second-order valence-corrected chi connectivity index (χ2v) is 8.55. The molecule has 0 aliphatic heterocycles. The first-order chi connectivity index (χ1) is 14.5. The first kappa shape index (κ1) is 24.3. The molecule has 168 valence electrons.